The summed E-state index contributed by atoms with van der Waals surface area (Å²) < 4.78 is 43.4. The van der Waals surface area contributed by atoms with Crippen molar-refractivity contribution in [3.8, 4) is 11.5 Å². The molecule has 1 atom stereocenters. The Bertz CT molecular complexity index is 1610. The van der Waals surface area contributed by atoms with Crippen molar-refractivity contribution in [1.82, 2.24) is 15.4 Å². The van der Waals surface area contributed by atoms with Crippen LogP contribution in [0.3, 0.4) is 0 Å². The fraction of sp³-hybridized carbons (Fsp3) is 0.241. The number of nitrogen functional groups attached to an aromatic ring is 2. The van der Waals surface area contributed by atoms with Crippen LogP contribution in [0.2, 0.25) is 0 Å². The second-order valence-corrected chi connectivity index (χ2v) is 9.64. The second kappa shape index (κ2) is 13.7. The predicted octanol–water partition coefficient (Wildman–Crippen LogP) is 3.23. The number of amidine groups is 1. The SMILES string of the molecule is CCOc1cc(C(C(=O)NN2C(=O)c3ccncc3C2=O)c2cc(C(=N)N)ccc2N)ccc1OC(C)C.O=C(O)C(F)(F)F. The topological polar surface area (TPSA) is 211 Å². The van der Waals surface area contributed by atoms with E-state index in [0.29, 0.717) is 39.8 Å². The first-order valence-electron chi connectivity index (χ1n) is 13.2. The van der Waals surface area contributed by atoms with Crippen molar-refractivity contribution in [2.45, 2.75) is 39.0 Å². The van der Waals surface area contributed by atoms with Crippen LogP contribution in [-0.2, 0) is 9.59 Å². The Balaban J connectivity index is 0.000000707. The molecule has 0 saturated heterocycles. The highest BCUT2D eigenvalue weighted by atomic mass is 19.4. The molecular formula is C29H29F3N6O7. The molecule has 13 nitrogen and oxygen atoms in total. The van der Waals surface area contributed by atoms with Gasteiger partial charge in [0.1, 0.15) is 5.84 Å². The minimum Gasteiger partial charge on any atom is -0.490 e. The molecule has 0 bridgehead atoms. The number of nitrogens with two attached hydrogens (primary N) is 2. The Morgan fingerprint density at radius 1 is 1.07 bits per heavy atom. The number of carboxylic acids is 1. The van der Waals surface area contributed by atoms with Crippen molar-refractivity contribution in [3.05, 3.63) is 82.7 Å². The highest BCUT2D eigenvalue weighted by Gasteiger charge is 2.39. The van der Waals surface area contributed by atoms with Crippen LogP contribution < -0.4 is 26.4 Å². The van der Waals surface area contributed by atoms with E-state index in [1.54, 1.807) is 30.3 Å². The van der Waals surface area contributed by atoms with Crippen LogP contribution in [-0.4, -0.2) is 63.5 Å². The molecule has 0 radical (unpaired) electrons. The first-order chi connectivity index (χ1) is 21.1. The molecule has 0 saturated carbocycles. The summed E-state index contributed by atoms with van der Waals surface area (Å²) in [6, 6.07) is 11.1. The van der Waals surface area contributed by atoms with Crippen LogP contribution in [0.1, 0.15) is 64.1 Å². The van der Waals surface area contributed by atoms with Gasteiger partial charge in [0.15, 0.2) is 11.5 Å². The van der Waals surface area contributed by atoms with Crippen molar-refractivity contribution in [2.24, 2.45) is 5.73 Å². The van der Waals surface area contributed by atoms with E-state index in [2.05, 4.69) is 10.4 Å². The van der Waals surface area contributed by atoms with Gasteiger partial charge in [0, 0.05) is 23.6 Å². The molecule has 1 aliphatic heterocycles. The van der Waals surface area contributed by atoms with Crippen LogP contribution in [0.15, 0.2) is 54.9 Å². The number of halogens is 3. The van der Waals surface area contributed by atoms with Gasteiger partial charge in [-0.3, -0.25) is 30.2 Å². The molecule has 0 fully saturated rings. The number of nitrogens with one attached hydrogen (secondary N) is 2. The number of imide groups is 1. The molecule has 1 aliphatic rings. The van der Waals surface area contributed by atoms with E-state index in [4.69, 9.17) is 36.3 Å². The van der Waals surface area contributed by atoms with Crippen LogP contribution >= 0.6 is 0 Å². The molecule has 3 amide bonds. The maximum atomic E-state index is 13.8. The summed E-state index contributed by atoms with van der Waals surface area (Å²) in [5, 5.41) is 15.6. The summed E-state index contributed by atoms with van der Waals surface area (Å²) in [4.78, 5) is 52.4. The van der Waals surface area contributed by atoms with Crippen LogP contribution in [0.5, 0.6) is 11.5 Å². The molecule has 3 aromatic rings. The normalized spacial score (nSPS) is 13.0. The molecule has 45 heavy (non-hydrogen) atoms. The number of benzene rings is 2. The number of aliphatic carboxylic acids is 1. The van der Waals surface area contributed by atoms with E-state index in [0.717, 1.165) is 0 Å². The van der Waals surface area contributed by atoms with E-state index in [1.807, 2.05) is 20.8 Å². The molecule has 1 unspecified atom stereocenters. The second-order valence-electron chi connectivity index (χ2n) is 9.64. The number of nitrogens with zero attached hydrogens (tertiary/aromatic N) is 2. The number of ether oxygens (including phenoxy) is 2. The molecule has 2 heterocycles. The monoisotopic (exact) mass is 630 g/mol. The fourth-order valence-electron chi connectivity index (χ4n) is 4.15. The van der Waals surface area contributed by atoms with Gasteiger partial charge in [0.25, 0.3) is 17.7 Å². The molecule has 16 heteroatoms. The number of hydrogen-bond donors (Lipinski definition) is 5. The lowest BCUT2D eigenvalue weighted by molar-refractivity contribution is -0.192. The molecule has 4 rings (SSSR count). The average Bonchev–Trinajstić information content (AvgIpc) is 3.20. The molecule has 2 aromatic carbocycles. The Labute approximate surface area is 254 Å². The summed E-state index contributed by atoms with van der Waals surface area (Å²) >= 11 is 0. The highest BCUT2D eigenvalue weighted by molar-refractivity contribution is 6.21. The van der Waals surface area contributed by atoms with Crippen LogP contribution in [0.25, 0.3) is 0 Å². The number of alkyl halides is 3. The third-order valence-electron chi connectivity index (χ3n) is 6.09. The van der Waals surface area contributed by atoms with E-state index in [1.165, 1.54) is 24.5 Å². The van der Waals surface area contributed by atoms with Crippen molar-refractivity contribution in [1.29, 1.82) is 5.41 Å². The maximum Gasteiger partial charge on any atom is 0.490 e. The van der Waals surface area contributed by atoms with Gasteiger partial charge in [-0.25, -0.2) is 4.79 Å². The summed E-state index contributed by atoms with van der Waals surface area (Å²) in [5.74, 6) is -5.27. The quantitative estimate of drug-likeness (QED) is 0.101. The minimum absolute atomic E-state index is 0.0845. The van der Waals surface area contributed by atoms with Gasteiger partial charge in [0.05, 0.1) is 29.8 Å². The summed E-state index contributed by atoms with van der Waals surface area (Å²) in [7, 11) is 0. The zero-order chi connectivity index (χ0) is 33.6. The molecule has 238 valence electrons. The summed E-state index contributed by atoms with van der Waals surface area (Å²) in [6.07, 6.45) is -2.54. The van der Waals surface area contributed by atoms with E-state index in [9.17, 15) is 27.6 Å². The number of anilines is 1. The summed E-state index contributed by atoms with van der Waals surface area (Å²) in [6.45, 7) is 5.93. The fourth-order valence-corrected chi connectivity index (χ4v) is 4.15. The third-order valence-corrected chi connectivity index (χ3v) is 6.09. The lowest BCUT2D eigenvalue weighted by atomic mass is 9.88. The molecule has 1 aromatic heterocycles. The number of hydrazine groups is 1. The molecule has 7 N–H and O–H groups in total. The lowest BCUT2D eigenvalue weighted by Gasteiger charge is -2.24. The van der Waals surface area contributed by atoms with Gasteiger partial charge in [0.2, 0.25) is 0 Å². The summed E-state index contributed by atoms with van der Waals surface area (Å²) in [5.41, 5.74) is 16.0. The maximum absolute atomic E-state index is 13.8. The number of carbonyl (C=O) groups is 4. The number of rotatable bonds is 9. The highest BCUT2D eigenvalue weighted by Crippen LogP contribution is 2.37. The number of amides is 3. The van der Waals surface area contributed by atoms with Gasteiger partial charge in [-0.05, 0) is 68.3 Å². The van der Waals surface area contributed by atoms with Gasteiger partial charge in [-0.2, -0.15) is 18.2 Å². The Kier molecular flexibility index (Phi) is 10.3. The number of pyridine rings is 1. The standard InChI is InChI=1S/C27H28N6O5.C2HF3O2/c1-4-37-22-12-15(6-8-21(22)38-14(2)3)23(18-11-16(24(29)30)5-7-20(18)28)25(34)32-33-26(35)17-9-10-31-13-19(17)27(33)36;3-2(4,5)1(6)7/h5-14,23H,4,28H2,1-3H3,(H3,29,30)(H,32,34);(H,6,7). The Morgan fingerprint density at radius 2 is 1.71 bits per heavy atom. The van der Waals surface area contributed by atoms with Crippen LogP contribution in [0, 0.1) is 5.41 Å². The number of fused-ring (bicyclic) bond motifs is 1. The first kappa shape index (κ1) is 33.8. The predicted molar refractivity (Wildman–Crippen MR) is 154 cm³/mol. The smallest absolute Gasteiger partial charge is 0.490 e. The molecule has 0 aliphatic carbocycles. The van der Waals surface area contributed by atoms with E-state index < -0.39 is 35.8 Å². The Hall–Kier alpha value is -5.67. The van der Waals surface area contributed by atoms with Gasteiger partial charge in [-0.1, -0.05) is 6.07 Å². The lowest BCUT2D eigenvalue weighted by Crippen LogP contribution is -2.48. The van der Waals surface area contributed by atoms with Gasteiger partial charge >= 0.3 is 12.1 Å². The third kappa shape index (κ3) is 7.84. The van der Waals surface area contributed by atoms with Crippen molar-refractivity contribution >= 4 is 35.2 Å². The van der Waals surface area contributed by atoms with Crippen molar-refractivity contribution in [2.75, 3.05) is 12.3 Å². The van der Waals surface area contributed by atoms with Crippen molar-refractivity contribution in [3.63, 3.8) is 0 Å². The first-order valence-corrected chi connectivity index (χ1v) is 13.2. The van der Waals surface area contributed by atoms with Gasteiger partial charge in [-0.15, -0.1) is 0 Å². The zero-order valence-electron chi connectivity index (χ0n) is 24.1. The zero-order valence-corrected chi connectivity index (χ0v) is 24.1. The number of aromatic nitrogens is 1. The van der Waals surface area contributed by atoms with Gasteiger partial charge < -0.3 is 26.0 Å². The number of carbonyl (C=O) groups excluding carboxylic acids is 3. The Morgan fingerprint density at radius 3 is 2.27 bits per heavy atom. The molecule has 0 spiro atoms. The van der Waals surface area contributed by atoms with E-state index in [-0.39, 0.29) is 28.8 Å². The largest absolute Gasteiger partial charge is 0.490 e. The minimum atomic E-state index is -5.08. The molecular weight excluding hydrogens is 601 g/mol. The number of hydrogen-bond acceptors (Lipinski definition) is 9. The average molecular weight is 631 g/mol. The number of carboxylic acid groups (broad SMARTS) is 1. The van der Waals surface area contributed by atoms with Crippen LogP contribution in [0.4, 0.5) is 18.9 Å². The van der Waals surface area contributed by atoms with Crippen molar-refractivity contribution < 1.29 is 46.9 Å². The van der Waals surface area contributed by atoms with E-state index >= 15 is 0 Å².